The second-order valence-corrected chi connectivity index (χ2v) is 9.71. The molecule has 3 rings (SSSR count). The number of nitrogens with two attached hydrogens (primary N) is 1. The van der Waals surface area contributed by atoms with Crippen molar-refractivity contribution >= 4 is 29.0 Å². The lowest BCUT2D eigenvalue weighted by molar-refractivity contribution is -0.120. The Morgan fingerprint density at radius 1 is 1.22 bits per heavy atom. The summed E-state index contributed by atoms with van der Waals surface area (Å²) in [6.07, 6.45) is 5.42. The van der Waals surface area contributed by atoms with Gasteiger partial charge in [-0.05, 0) is 43.4 Å². The molecule has 1 heterocycles. The molecule has 196 valence electrons. The number of aromatic amines is 1. The van der Waals surface area contributed by atoms with Gasteiger partial charge in [-0.15, -0.1) is 0 Å². The van der Waals surface area contributed by atoms with Crippen molar-refractivity contribution in [2.24, 2.45) is 11.8 Å². The molecule has 0 spiro atoms. The highest BCUT2D eigenvalue weighted by molar-refractivity contribution is 6.08. The van der Waals surface area contributed by atoms with Crippen molar-refractivity contribution < 1.29 is 14.3 Å². The number of H-pyrrole nitrogens is 1. The second kappa shape index (κ2) is 12.5. The standard InChI is InChI=1S/C26H37N5O5/c1-17(2)16-31-22(27)21(24(33)29-26(31)35)30(13-8-14-36-3)25(34)19-11-7-12-20(15-19)28-23(32)18-9-5-4-6-10-18/h7,11-12,15,17-18H,4-6,8-10,13-14,16,27H2,1-3H3,(H,28,32)(H,29,33,35). The molecule has 1 fully saturated rings. The summed E-state index contributed by atoms with van der Waals surface area (Å²) >= 11 is 0. The fourth-order valence-corrected chi connectivity index (χ4v) is 4.56. The Balaban J connectivity index is 1.94. The van der Waals surface area contributed by atoms with Crippen molar-refractivity contribution in [3.05, 3.63) is 50.7 Å². The summed E-state index contributed by atoms with van der Waals surface area (Å²) in [5.41, 5.74) is 5.67. The van der Waals surface area contributed by atoms with Crippen LogP contribution >= 0.6 is 0 Å². The minimum Gasteiger partial charge on any atom is -0.385 e. The van der Waals surface area contributed by atoms with E-state index in [1.807, 2.05) is 13.8 Å². The zero-order chi connectivity index (χ0) is 26.2. The first-order valence-electron chi connectivity index (χ1n) is 12.6. The van der Waals surface area contributed by atoms with E-state index in [9.17, 15) is 19.2 Å². The van der Waals surface area contributed by atoms with Crippen LogP contribution in [-0.2, 0) is 16.1 Å². The van der Waals surface area contributed by atoms with E-state index in [-0.39, 0.29) is 47.9 Å². The number of nitrogens with zero attached hydrogens (tertiary/aromatic N) is 2. The van der Waals surface area contributed by atoms with E-state index in [1.165, 1.54) is 9.47 Å². The van der Waals surface area contributed by atoms with E-state index in [0.717, 1.165) is 32.1 Å². The average molecular weight is 500 g/mol. The number of amides is 2. The van der Waals surface area contributed by atoms with Crippen molar-refractivity contribution in [1.82, 2.24) is 9.55 Å². The number of nitrogens with one attached hydrogen (secondary N) is 2. The lowest BCUT2D eigenvalue weighted by atomic mass is 9.88. The fourth-order valence-electron chi connectivity index (χ4n) is 4.56. The molecule has 10 heteroatoms. The van der Waals surface area contributed by atoms with Crippen molar-refractivity contribution in [3.63, 3.8) is 0 Å². The number of nitrogen functional groups attached to an aromatic ring is 1. The van der Waals surface area contributed by atoms with Gasteiger partial charge in [-0.2, -0.15) is 0 Å². The second-order valence-electron chi connectivity index (χ2n) is 9.71. The van der Waals surface area contributed by atoms with E-state index in [2.05, 4.69) is 10.3 Å². The minimum atomic E-state index is -0.731. The number of methoxy groups -OCH3 is 1. The van der Waals surface area contributed by atoms with Crippen LogP contribution in [-0.4, -0.2) is 41.6 Å². The Kier molecular flexibility index (Phi) is 9.46. The summed E-state index contributed by atoms with van der Waals surface area (Å²) in [6, 6.07) is 6.64. The predicted molar refractivity (Wildman–Crippen MR) is 140 cm³/mol. The Morgan fingerprint density at radius 2 is 1.94 bits per heavy atom. The summed E-state index contributed by atoms with van der Waals surface area (Å²) in [5.74, 6) is -0.510. The largest absolute Gasteiger partial charge is 0.385 e. The van der Waals surface area contributed by atoms with Crippen LogP contribution in [0.1, 0.15) is 62.7 Å². The van der Waals surface area contributed by atoms with Crippen molar-refractivity contribution in [1.29, 1.82) is 0 Å². The van der Waals surface area contributed by atoms with Crippen LogP contribution < -0.4 is 27.2 Å². The number of hydrogen-bond donors (Lipinski definition) is 3. The Morgan fingerprint density at radius 3 is 2.61 bits per heavy atom. The van der Waals surface area contributed by atoms with Gasteiger partial charge in [0.05, 0.1) is 0 Å². The van der Waals surface area contributed by atoms with E-state index < -0.39 is 17.2 Å². The van der Waals surface area contributed by atoms with Crippen molar-refractivity contribution in [3.8, 4) is 0 Å². The van der Waals surface area contributed by atoms with Crippen molar-refractivity contribution in [2.75, 3.05) is 36.2 Å². The smallest absolute Gasteiger partial charge is 0.330 e. The molecule has 36 heavy (non-hydrogen) atoms. The third-order valence-corrected chi connectivity index (χ3v) is 6.36. The number of carbonyl (C=O) groups excluding carboxylic acids is 2. The molecule has 10 nitrogen and oxygen atoms in total. The first-order chi connectivity index (χ1) is 17.2. The Hall–Kier alpha value is -3.40. The summed E-state index contributed by atoms with van der Waals surface area (Å²) in [7, 11) is 1.55. The molecule has 2 amide bonds. The minimum absolute atomic E-state index is 0.0241. The van der Waals surface area contributed by atoms with E-state index in [1.54, 1.807) is 31.4 Å². The molecular formula is C26H37N5O5. The van der Waals surface area contributed by atoms with Gasteiger partial charge in [0.25, 0.3) is 11.5 Å². The molecule has 2 aromatic rings. The highest BCUT2D eigenvalue weighted by Gasteiger charge is 2.26. The zero-order valence-electron chi connectivity index (χ0n) is 21.3. The maximum atomic E-state index is 13.7. The van der Waals surface area contributed by atoms with Gasteiger partial charge in [-0.1, -0.05) is 39.2 Å². The van der Waals surface area contributed by atoms with Crippen molar-refractivity contribution in [2.45, 2.75) is 58.9 Å². The van der Waals surface area contributed by atoms with Gasteiger partial charge in [0.1, 0.15) is 5.82 Å². The van der Waals surface area contributed by atoms with Crippen LogP contribution in [0.15, 0.2) is 33.9 Å². The van der Waals surface area contributed by atoms with Gasteiger partial charge in [0.15, 0.2) is 5.69 Å². The van der Waals surface area contributed by atoms with Crippen LogP contribution in [0.4, 0.5) is 17.2 Å². The fraction of sp³-hybridized carbons (Fsp3) is 0.538. The summed E-state index contributed by atoms with van der Waals surface area (Å²) in [5, 5.41) is 2.93. The Labute approximate surface area is 210 Å². The molecule has 1 aromatic carbocycles. The molecular weight excluding hydrogens is 462 g/mol. The van der Waals surface area contributed by atoms with Crippen LogP contribution in [0.25, 0.3) is 0 Å². The number of benzene rings is 1. The normalized spacial score (nSPS) is 14.1. The number of anilines is 3. The molecule has 1 aliphatic carbocycles. The molecule has 0 radical (unpaired) electrons. The van der Waals surface area contributed by atoms with E-state index in [4.69, 9.17) is 10.5 Å². The lowest BCUT2D eigenvalue weighted by Crippen LogP contribution is -2.42. The van der Waals surface area contributed by atoms with Gasteiger partial charge in [0.2, 0.25) is 5.91 Å². The van der Waals surface area contributed by atoms with Crippen LogP contribution in [0.5, 0.6) is 0 Å². The topological polar surface area (TPSA) is 140 Å². The third kappa shape index (κ3) is 6.63. The van der Waals surface area contributed by atoms with Gasteiger partial charge in [-0.3, -0.25) is 23.9 Å². The molecule has 1 aliphatic rings. The number of carbonyl (C=O) groups is 2. The molecule has 0 atom stereocenters. The van der Waals surface area contributed by atoms with E-state index in [0.29, 0.717) is 18.7 Å². The van der Waals surface area contributed by atoms with Crippen LogP contribution in [0, 0.1) is 11.8 Å². The van der Waals surface area contributed by atoms with Gasteiger partial charge < -0.3 is 20.7 Å². The number of hydrogen-bond acceptors (Lipinski definition) is 6. The van der Waals surface area contributed by atoms with E-state index >= 15 is 0 Å². The molecule has 4 N–H and O–H groups in total. The average Bonchev–Trinajstić information content (AvgIpc) is 2.85. The number of aromatic nitrogens is 2. The number of ether oxygens (including phenoxy) is 1. The summed E-state index contributed by atoms with van der Waals surface area (Å²) < 4.78 is 6.41. The lowest BCUT2D eigenvalue weighted by Gasteiger charge is -2.25. The summed E-state index contributed by atoms with van der Waals surface area (Å²) in [4.78, 5) is 55.2. The highest BCUT2D eigenvalue weighted by Crippen LogP contribution is 2.26. The quantitative estimate of drug-likeness (QED) is 0.430. The molecule has 1 saturated carbocycles. The SMILES string of the molecule is COCCCN(C(=O)c1cccc(NC(=O)C2CCCCC2)c1)c1c(N)n(CC(C)C)c(=O)[nH]c1=O. The maximum absolute atomic E-state index is 13.7. The Bertz CT molecular complexity index is 1180. The van der Waals surface area contributed by atoms with Crippen LogP contribution in [0.2, 0.25) is 0 Å². The van der Waals surface area contributed by atoms with Crippen LogP contribution in [0.3, 0.4) is 0 Å². The predicted octanol–water partition coefficient (Wildman–Crippen LogP) is 2.98. The first kappa shape index (κ1) is 27.2. The molecule has 0 aliphatic heterocycles. The first-order valence-corrected chi connectivity index (χ1v) is 12.6. The van der Waals surface area contributed by atoms with Gasteiger partial charge >= 0.3 is 5.69 Å². The van der Waals surface area contributed by atoms with Gasteiger partial charge in [-0.25, -0.2) is 4.79 Å². The molecule has 0 unspecified atom stereocenters. The molecule has 0 bridgehead atoms. The number of rotatable bonds is 10. The zero-order valence-corrected chi connectivity index (χ0v) is 21.3. The summed E-state index contributed by atoms with van der Waals surface area (Å²) in [6.45, 7) is 4.65. The highest BCUT2D eigenvalue weighted by atomic mass is 16.5. The monoisotopic (exact) mass is 499 g/mol. The third-order valence-electron chi connectivity index (χ3n) is 6.36. The maximum Gasteiger partial charge on any atom is 0.330 e. The molecule has 1 aromatic heterocycles. The van der Waals surface area contributed by atoms with Gasteiger partial charge in [0, 0.05) is 44.0 Å². The molecule has 0 saturated heterocycles.